The van der Waals surface area contributed by atoms with E-state index in [0.29, 0.717) is 30.0 Å². The molecule has 0 saturated heterocycles. The maximum absolute atomic E-state index is 14.0. The van der Waals surface area contributed by atoms with Crippen LogP contribution in [0.5, 0.6) is 5.75 Å². The predicted octanol–water partition coefficient (Wildman–Crippen LogP) is 3.60. The molecule has 0 aliphatic carbocycles. The zero-order chi connectivity index (χ0) is 32.2. The highest BCUT2D eigenvalue weighted by Gasteiger charge is 2.28. The van der Waals surface area contributed by atoms with Crippen LogP contribution in [-0.2, 0) is 35.5 Å². The van der Waals surface area contributed by atoms with E-state index in [1.807, 2.05) is 31.2 Å². The molecule has 234 valence electrons. The van der Waals surface area contributed by atoms with Crippen LogP contribution in [0.25, 0.3) is 0 Å². The molecule has 3 aromatic carbocycles. The standard InChI is InChI=1S/C34H35F2N5O4/c1-2-45-27-10-7-22(8-11-27)18-31(40-32(42)26-13-15-38-16-14-26)34(44)41-30(19-25-9-12-28(35)29(36)17-25)33(43)39-21-24-5-3-23(20-37)4-6-24/h3-17,30-31H,2,18-21,37H2,1H3,(H,39,43)(H,40,42)(H,41,44)/t30-,31+/m0/s1. The summed E-state index contributed by atoms with van der Waals surface area (Å²) in [4.78, 5) is 44.2. The van der Waals surface area contributed by atoms with E-state index < -0.39 is 41.4 Å². The highest BCUT2D eigenvalue weighted by molar-refractivity contribution is 5.98. The Hall–Kier alpha value is -5.16. The van der Waals surface area contributed by atoms with Crippen molar-refractivity contribution in [3.05, 3.63) is 131 Å². The van der Waals surface area contributed by atoms with Crippen LogP contribution in [0.15, 0.2) is 91.3 Å². The van der Waals surface area contributed by atoms with Gasteiger partial charge in [-0.25, -0.2) is 8.78 Å². The number of amides is 3. The Kier molecular flexibility index (Phi) is 11.7. The first-order valence-electron chi connectivity index (χ1n) is 14.5. The third-order valence-electron chi connectivity index (χ3n) is 7.02. The molecule has 9 nitrogen and oxygen atoms in total. The first-order chi connectivity index (χ1) is 21.7. The molecule has 1 aromatic heterocycles. The molecule has 4 aromatic rings. The minimum Gasteiger partial charge on any atom is -0.494 e. The number of nitrogens with zero attached hydrogens (tertiary/aromatic N) is 1. The average Bonchev–Trinajstić information content (AvgIpc) is 3.06. The van der Waals surface area contributed by atoms with E-state index in [-0.39, 0.29) is 19.4 Å². The van der Waals surface area contributed by atoms with Crippen molar-refractivity contribution < 1.29 is 27.9 Å². The van der Waals surface area contributed by atoms with E-state index in [2.05, 4.69) is 20.9 Å². The van der Waals surface area contributed by atoms with Crippen LogP contribution in [0, 0.1) is 11.6 Å². The minimum absolute atomic E-state index is 0.0993. The highest BCUT2D eigenvalue weighted by atomic mass is 19.2. The molecule has 0 aliphatic heterocycles. The van der Waals surface area contributed by atoms with Crippen LogP contribution in [0.3, 0.4) is 0 Å². The monoisotopic (exact) mass is 615 g/mol. The summed E-state index contributed by atoms with van der Waals surface area (Å²) in [6.07, 6.45) is 2.89. The molecule has 0 unspecified atom stereocenters. The Morgan fingerprint density at radius 3 is 2.00 bits per heavy atom. The number of rotatable bonds is 14. The number of carbonyl (C=O) groups excluding carboxylic acids is 3. The molecule has 45 heavy (non-hydrogen) atoms. The quantitative estimate of drug-likeness (QED) is 0.171. The third-order valence-corrected chi connectivity index (χ3v) is 7.02. The van der Waals surface area contributed by atoms with Gasteiger partial charge < -0.3 is 26.4 Å². The lowest BCUT2D eigenvalue weighted by Gasteiger charge is -2.24. The summed E-state index contributed by atoms with van der Waals surface area (Å²) in [5.74, 6) is -3.14. The van der Waals surface area contributed by atoms with E-state index in [0.717, 1.165) is 28.8 Å². The average molecular weight is 616 g/mol. The summed E-state index contributed by atoms with van der Waals surface area (Å²) in [7, 11) is 0. The van der Waals surface area contributed by atoms with E-state index >= 15 is 0 Å². The van der Waals surface area contributed by atoms with Gasteiger partial charge in [0, 0.05) is 43.9 Å². The number of halogens is 2. The summed E-state index contributed by atoms with van der Waals surface area (Å²) in [6, 6.07) is 18.5. The lowest BCUT2D eigenvalue weighted by atomic mass is 10.0. The fourth-order valence-corrected chi connectivity index (χ4v) is 4.57. The normalized spacial score (nSPS) is 12.1. The van der Waals surface area contributed by atoms with Gasteiger partial charge in [-0.15, -0.1) is 0 Å². The van der Waals surface area contributed by atoms with Gasteiger partial charge in [-0.3, -0.25) is 19.4 Å². The van der Waals surface area contributed by atoms with Crippen molar-refractivity contribution in [2.24, 2.45) is 5.73 Å². The lowest BCUT2D eigenvalue weighted by Crippen LogP contribution is -2.55. The molecule has 4 rings (SSSR count). The van der Waals surface area contributed by atoms with Gasteiger partial charge in [0.05, 0.1) is 6.61 Å². The van der Waals surface area contributed by atoms with Gasteiger partial charge in [0.1, 0.15) is 17.8 Å². The molecule has 0 aliphatic rings. The molecular weight excluding hydrogens is 580 g/mol. The number of hydrogen-bond donors (Lipinski definition) is 4. The summed E-state index contributed by atoms with van der Waals surface area (Å²) < 4.78 is 33.2. The molecule has 1 heterocycles. The number of benzene rings is 3. The van der Waals surface area contributed by atoms with Crippen LogP contribution in [-0.4, -0.2) is 41.4 Å². The Bertz CT molecular complexity index is 1580. The molecule has 0 fully saturated rings. The van der Waals surface area contributed by atoms with Crippen LogP contribution in [0.4, 0.5) is 8.78 Å². The van der Waals surface area contributed by atoms with Crippen molar-refractivity contribution in [3.8, 4) is 5.75 Å². The van der Waals surface area contributed by atoms with Gasteiger partial charge >= 0.3 is 0 Å². The Morgan fingerprint density at radius 1 is 0.756 bits per heavy atom. The van der Waals surface area contributed by atoms with Crippen molar-refractivity contribution >= 4 is 17.7 Å². The highest BCUT2D eigenvalue weighted by Crippen LogP contribution is 2.15. The van der Waals surface area contributed by atoms with E-state index in [1.165, 1.54) is 30.6 Å². The van der Waals surface area contributed by atoms with Crippen LogP contribution in [0.2, 0.25) is 0 Å². The van der Waals surface area contributed by atoms with E-state index in [9.17, 15) is 23.2 Å². The molecular formula is C34H35F2N5O4. The SMILES string of the molecule is CCOc1ccc(C[C@@H](NC(=O)c2ccncc2)C(=O)N[C@@H](Cc2ccc(F)c(F)c2)C(=O)NCc2ccc(CN)cc2)cc1. The molecule has 0 bridgehead atoms. The Balaban J connectivity index is 1.56. The molecule has 0 saturated carbocycles. The first kappa shape index (κ1) is 32.7. The van der Waals surface area contributed by atoms with E-state index in [4.69, 9.17) is 10.5 Å². The lowest BCUT2D eigenvalue weighted by molar-refractivity contribution is -0.130. The van der Waals surface area contributed by atoms with Crippen LogP contribution < -0.4 is 26.4 Å². The van der Waals surface area contributed by atoms with Crippen molar-refractivity contribution in [1.29, 1.82) is 0 Å². The number of carbonyl (C=O) groups is 3. The zero-order valence-corrected chi connectivity index (χ0v) is 24.8. The van der Waals surface area contributed by atoms with Crippen LogP contribution >= 0.6 is 0 Å². The van der Waals surface area contributed by atoms with Crippen molar-refractivity contribution in [2.75, 3.05) is 6.61 Å². The van der Waals surface area contributed by atoms with Gasteiger partial charge in [-0.05, 0) is 65.6 Å². The van der Waals surface area contributed by atoms with Gasteiger partial charge in [0.25, 0.3) is 5.91 Å². The maximum atomic E-state index is 14.0. The first-order valence-corrected chi connectivity index (χ1v) is 14.5. The minimum atomic E-state index is -1.17. The van der Waals surface area contributed by atoms with Crippen LogP contribution in [0.1, 0.15) is 39.5 Å². The third kappa shape index (κ3) is 9.67. The van der Waals surface area contributed by atoms with Crippen molar-refractivity contribution in [3.63, 3.8) is 0 Å². The molecule has 0 radical (unpaired) electrons. The number of nitrogens with two attached hydrogens (primary N) is 1. The summed E-state index contributed by atoms with van der Waals surface area (Å²) in [5.41, 5.74) is 8.72. The Morgan fingerprint density at radius 2 is 1.36 bits per heavy atom. The summed E-state index contributed by atoms with van der Waals surface area (Å²) in [6.45, 7) is 2.90. The number of pyridine rings is 1. The zero-order valence-electron chi connectivity index (χ0n) is 24.8. The number of ether oxygens (including phenoxy) is 1. The number of hydrogen-bond acceptors (Lipinski definition) is 6. The maximum Gasteiger partial charge on any atom is 0.252 e. The van der Waals surface area contributed by atoms with Crippen molar-refractivity contribution in [1.82, 2.24) is 20.9 Å². The van der Waals surface area contributed by atoms with Gasteiger partial charge in [0.2, 0.25) is 11.8 Å². The van der Waals surface area contributed by atoms with Gasteiger partial charge in [-0.1, -0.05) is 42.5 Å². The fraction of sp³-hybridized carbons (Fsp3) is 0.235. The molecule has 11 heteroatoms. The Labute approximate surface area is 260 Å². The topological polar surface area (TPSA) is 135 Å². The largest absolute Gasteiger partial charge is 0.494 e. The molecule has 2 atom stereocenters. The predicted molar refractivity (Wildman–Crippen MR) is 165 cm³/mol. The second-order valence-electron chi connectivity index (χ2n) is 10.3. The molecule has 0 spiro atoms. The second kappa shape index (κ2) is 16.1. The fourth-order valence-electron chi connectivity index (χ4n) is 4.57. The molecule has 3 amide bonds. The van der Waals surface area contributed by atoms with E-state index in [1.54, 1.807) is 24.3 Å². The van der Waals surface area contributed by atoms with Gasteiger partial charge in [-0.2, -0.15) is 0 Å². The number of nitrogens with one attached hydrogen (secondary N) is 3. The number of aromatic nitrogens is 1. The second-order valence-corrected chi connectivity index (χ2v) is 10.3. The smallest absolute Gasteiger partial charge is 0.252 e. The van der Waals surface area contributed by atoms with Gasteiger partial charge in [0.15, 0.2) is 11.6 Å². The van der Waals surface area contributed by atoms with Crippen molar-refractivity contribution in [2.45, 2.75) is 44.9 Å². The summed E-state index contributed by atoms with van der Waals surface area (Å²) >= 11 is 0. The summed E-state index contributed by atoms with van der Waals surface area (Å²) in [5, 5.41) is 8.28. The molecule has 5 N–H and O–H groups in total.